The van der Waals surface area contributed by atoms with Crippen molar-refractivity contribution < 1.29 is 4.79 Å². The lowest BCUT2D eigenvalue weighted by Crippen LogP contribution is -2.37. The van der Waals surface area contributed by atoms with Gasteiger partial charge in [-0.15, -0.1) is 0 Å². The molecule has 0 fully saturated rings. The third-order valence-corrected chi connectivity index (χ3v) is 3.09. The summed E-state index contributed by atoms with van der Waals surface area (Å²) in [6, 6.07) is 8.26. The lowest BCUT2D eigenvalue weighted by atomic mass is 9.90. The average molecular weight is 231 g/mol. The van der Waals surface area contributed by atoms with E-state index in [0.717, 1.165) is 25.1 Å². The zero-order valence-corrected chi connectivity index (χ0v) is 11.0. The predicted molar refractivity (Wildman–Crippen MR) is 71.2 cm³/mol. The van der Waals surface area contributed by atoms with E-state index in [4.69, 9.17) is 0 Å². The molecule has 1 aliphatic rings. The summed E-state index contributed by atoms with van der Waals surface area (Å²) in [6.45, 7) is 7.20. The molecule has 0 saturated carbocycles. The second kappa shape index (κ2) is 4.52. The van der Waals surface area contributed by atoms with E-state index in [1.165, 1.54) is 5.56 Å². The van der Waals surface area contributed by atoms with Gasteiger partial charge < -0.3 is 4.90 Å². The van der Waals surface area contributed by atoms with Crippen LogP contribution < -0.4 is 4.90 Å². The Kier molecular flexibility index (Phi) is 3.23. The van der Waals surface area contributed by atoms with Crippen molar-refractivity contribution in [1.29, 1.82) is 0 Å². The first-order valence-corrected chi connectivity index (χ1v) is 6.36. The van der Waals surface area contributed by atoms with Gasteiger partial charge in [0.15, 0.2) is 0 Å². The lowest BCUT2D eigenvalue weighted by molar-refractivity contribution is -0.120. The number of fused-ring (bicyclic) bond motifs is 1. The maximum atomic E-state index is 12.3. The Bertz CT molecular complexity index is 417. The average Bonchev–Trinajstić information content (AvgIpc) is 2.26. The van der Waals surface area contributed by atoms with Crippen LogP contribution in [-0.2, 0) is 11.2 Å². The van der Waals surface area contributed by atoms with Crippen molar-refractivity contribution >= 4 is 11.6 Å². The largest absolute Gasteiger partial charge is 0.312 e. The molecule has 0 saturated heterocycles. The van der Waals surface area contributed by atoms with Crippen molar-refractivity contribution in [3.8, 4) is 0 Å². The topological polar surface area (TPSA) is 20.3 Å². The zero-order valence-electron chi connectivity index (χ0n) is 11.0. The van der Waals surface area contributed by atoms with Crippen LogP contribution in [0.4, 0.5) is 5.69 Å². The second-order valence-corrected chi connectivity index (χ2v) is 6.02. The van der Waals surface area contributed by atoms with Crippen LogP contribution in [0.25, 0.3) is 0 Å². The molecule has 0 N–H and O–H groups in total. The fraction of sp³-hybridized carbons (Fsp3) is 0.533. The summed E-state index contributed by atoms with van der Waals surface area (Å²) in [5.74, 6) is 0.254. The van der Waals surface area contributed by atoms with Gasteiger partial charge in [-0.3, -0.25) is 4.79 Å². The number of aryl methyl sites for hydroxylation is 1. The minimum Gasteiger partial charge on any atom is -0.312 e. The molecule has 1 amide bonds. The van der Waals surface area contributed by atoms with E-state index in [9.17, 15) is 4.79 Å². The normalized spacial score (nSPS) is 15.6. The van der Waals surface area contributed by atoms with Crippen LogP contribution in [0, 0.1) is 5.41 Å². The van der Waals surface area contributed by atoms with E-state index in [0.29, 0.717) is 6.42 Å². The van der Waals surface area contributed by atoms with Gasteiger partial charge in [0, 0.05) is 18.7 Å². The predicted octanol–water partition coefficient (Wildman–Crippen LogP) is 3.40. The summed E-state index contributed by atoms with van der Waals surface area (Å²) in [6.07, 6.45) is 2.78. The van der Waals surface area contributed by atoms with Gasteiger partial charge in [-0.25, -0.2) is 0 Å². The van der Waals surface area contributed by atoms with Gasteiger partial charge in [-0.1, -0.05) is 39.0 Å². The molecule has 0 bridgehead atoms. The smallest absolute Gasteiger partial charge is 0.227 e. The number of para-hydroxylation sites is 1. The molecule has 0 atom stereocenters. The minimum atomic E-state index is 0.0590. The summed E-state index contributed by atoms with van der Waals surface area (Å²) in [5, 5.41) is 0. The number of hydrogen-bond donors (Lipinski definition) is 0. The van der Waals surface area contributed by atoms with E-state index in [2.05, 4.69) is 39.0 Å². The number of amides is 1. The third-order valence-electron chi connectivity index (χ3n) is 3.09. The first-order chi connectivity index (χ1) is 7.97. The summed E-state index contributed by atoms with van der Waals surface area (Å²) in [4.78, 5) is 14.3. The summed E-state index contributed by atoms with van der Waals surface area (Å²) in [5.41, 5.74) is 2.48. The molecule has 1 aromatic rings. The number of carbonyl (C=O) groups excluding carboxylic acids is 1. The second-order valence-electron chi connectivity index (χ2n) is 6.02. The Morgan fingerprint density at radius 1 is 1.29 bits per heavy atom. The van der Waals surface area contributed by atoms with Crippen LogP contribution in [0.1, 0.15) is 39.2 Å². The van der Waals surface area contributed by atoms with Crippen molar-refractivity contribution in [2.45, 2.75) is 40.0 Å². The first-order valence-electron chi connectivity index (χ1n) is 6.36. The molecule has 0 aromatic heterocycles. The van der Waals surface area contributed by atoms with E-state index in [-0.39, 0.29) is 11.3 Å². The van der Waals surface area contributed by atoms with E-state index >= 15 is 0 Å². The summed E-state index contributed by atoms with van der Waals surface area (Å²) in [7, 11) is 0. The van der Waals surface area contributed by atoms with Crippen LogP contribution in [0.5, 0.6) is 0 Å². The zero-order chi connectivity index (χ0) is 12.5. The van der Waals surface area contributed by atoms with E-state index in [1.807, 2.05) is 11.0 Å². The van der Waals surface area contributed by atoms with Crippen LogP contribution in [0.15, 0.2) is 24.3 Å². The van der Waals surface area contributed by atoms with Gasteiger partial charge in [0.05, 0.1) is 0 Å². The van der Waals surface area contributed by atoms with Crippen molar-refractivity contribution in [2.75, 3.05) is 11.4 Å². The van der Waals surface area contributed by atoms with Crippen molar-refractivity contribution in [3.63, 3.8) is 0 Å². The van der Waals surface area contributed by atoms with Gasteiger partial charge in [-0.05, 0) is 29.9 Å². The number of hydrogen-bond acceptors (Lipinski definition) is 1. The minimum absolute atomic E-state index is 0.0590. The van der Waals surface area contributed by atoms with Crippen LogP contribution in [0.3, 0.4) is 0 Å². The first kappa shape index (κ1) is 12.2. The number of benzene rings is 1. The highest BCUT2D eigenvalue weighted by Gasteiger charge is 2.25. The molecule has 0 unspecified atom stereocenters. The fourth-order valence-electron chi connectivity index (χ4n) is 2.34. The molecule has 2 heteroatoms. The highest BCUT2D eigenvalue weighted by molar-refractivity contribution is 5.94. The number of carbonyl (C=O) groups is 1. The van der Waals surface area contributed by atoms with E-state index < -0.39 is 0 Å². The molecule has 1 aromatic carbocycles. The van der Waals surface area contributed by atoms with Crippen molar-refractivity contribution in [1.82, 2.24) is 0 Å². The molecule has 92 valence electrons. The summed E-state index contributed by atoms with van der Waals surface area (Å²) < 4.78 is 0. The van der Waals surface area contributed by atoms with Gasteiger partial charge in [0.2, 0.25) is 5.91 Å². The van der Waals surface area contributed by atoms with Gasteiger partial charge in [0.1, 0.15) is 0 Å². The monoisotopic (exact) mass is 231 g/mol. The quantitative estimate of drug-likeness (QED) is 0.725. The third kappa shape index (κ3) is 2.87. The molecular weight excluding hydrogens is 210 g/mol. The molecule has 17 heavy (non-hydrogen) atoms. The number of nitrogens with zero attached hydrogens (tertiary/aromatic N) is 1. The molecule has 0 spiro atoms. The lowest BCUT2D eigenvalue weighted by Gasteiger charge is -2.31. The van der Waals surface area contributed by atoms with Crippen LogP contribution in [-0.4, -0.2) is 12.5 Å². The molecule has 0 aliphatic carbocycles. The highest BCUT2D eigenvalue weighted by atomic mass is 16.2. The molecule has 1 aliphatic heterocycles. The summed E-state index contributed by atoms with van der Waals surface area (Å²) >= 11 is 0. The Balaban J connectivity index is 2.21. The standard InChI is InChI=1S/C15H21NO/c1-15(2,3)11-14(17)16-10-6-8-12-7-4-5-9-13(12)16/h4-5,7,9H,6,8,10-11H2,1-3H3. The maximum Gasteiger partial charge on any atom is 0.227 e. The van der Waals surface area contributed by atoms with Crippen molar-refractivity contribution in [2.24, 2.45) is 5.41 Å². The molecule has 2 nitrogen and oxygen atoms in total. The number of rotatable bonds is 1. The Morgan fingerprint density at radius 2 is 2.00 bits per heavy atom. The van der Waals surface area contributed by atoms with Gasteiger partial charge in [0.25, 0.3) is 0 Å². The van der Waals surface area contributed by atoms with Gasteiger partial charge in [-0.2, -0.15) is 0 Å². The Morgan fingerprint density at radius 3 is 2.71 bits per heavy atom. The highest BCUT2D eigenvalue weighted by Crippen LogP contribution is 2.29. The maximum absolute atomic E-state index is 12.3. The molecule has 1 heterocycles. The number of anilines is 1. The fourth-order valence-corrected chi connectivity index (χ4v) is 2.34. The molecule has 2 rings (SSSR count). The molecule has 0 radical (unpaired) electrons. The van der Waals surface area contributed by atoms with Crippen LogP contribution >= 0.6 is 0 Å². The Hall–Kier alpha value is -1.31. The SMILES string of the molecule is CC(C)(C)CC(=O)N1CCCc2ccccc21. The van der Waals surface area contributed by atoms with Gasteiger partial charge >= 0.3 is 0 Å². The van der Waals surface area contributed by atoms with Crippen molar-refractivity contribution in [3.05, 3.63) is 29.8 Å². The van der Waals surface area contributed by atoms with E-state index in [1.54, 1.807) is 0 Å². The Labute approximate surface area is 104 Å². The molecular formula is C15H21NO. The van der Waals surface area contributed by atoms with Crippen LogP contribution in [0.2, 0.25) is 0 Å².